The van der Waals surface area contributed by atoms with Crippen LogP contribution in [0, 0.1) is 0 Å². The first-order chi connectivity index (χ1) is 5.74. The molecule has 0 aliphatic heterocycles. The lowest BCUT2D eigenvalue weighted by Crippen LogP contribution is -2.35. The van der Waals surface area contributed by atoms with Crippen LogP contribution in [0.25, 0.3) is 0 Å². The normalized spacial score (nSPS) is 12.0. The van der Waals surface area contributed by atoms with E-state index in [2.05, 4.69) is 43.4 Å². The van der Waals surface area contributed by atoms with E-state index in [4.69, 9.17) is 0 Å². The van der Waals surface area contributed by atoms with Gasteiger partial charge in [0.2, 0.25) is 0 Å². The van der Waals surface area contributed by atoms with E-state index < -0.39 is 8.07 Å². The van der Waals surface area contributed by atoms with Gasteiger partial charge in [-0.1, -0.05) is 80.8 Å². The van der Waals surface area contributed by atoms with E-state index in [1.54, 1.807) is 18.1 Å². The maximum absolute atomic E-state index is 2.63. The van der Waals surface area contributed by atoms with E-state index in [9.17, 15) is 0 Å². The van der Waals surface area contributed by atoms with Crippen molar-refractivity contribution in [1.29, 1.82) is 0 Å². The molecule has 0 saturated heterocycles. The molecule has 0 saturated carbocycles. The molecule has 0 aliphatic carbocycles. The summed E-state index contributed by atoms with van der Waals surface area (Å²) in [4.78, 5) is 0. The molecule has 0 aromatic carbocycles. The Morgan fingerprint density at radius 3 is 1.33 bits per heavy atom. The van der Waals surface area contributed by atoms with Gasteiger partial charge >= 0.3 is 0 Å². The highest BCUT2D eigenvalue weighted by Crippen LogP contribution is 2.27. The fraction of sp³-hybridized carbons (Fsp3) is 1.00. The van der Waals surface area contributed by atoms with E-state index >= 15 is 0 Å². The van der Waals surface area contributed by atoms with E-state index in [1.807, 2.05) is 0 Å². The summed E-state index contributed by atoms with van der Waals surface area (Å²) in [6.45, 7) is 7.04. The fourth-order valence-corrected chi connectivity index (χ4v) is 9.93. The van der Waals surface area contributed by atoms with Crippen LogP contribution in [0.15, 0.2) is 0 Å². The fourth-order valence-electron chi connectivity index (χ4n) is 2.17. The third-order valence-corrected chi connectivity index (χ3v) is 12.7. The second-order valence-electron chi connectivity index (χ2n) is 3.88. The van der Waals surface area contributed by atoms with Gasteiger partial charge in [0, 0.05) is 0 Å². The average molecular weight is 298 g/mol. The molecule has 0 amide bonds. The van der Waals surface area contributed by atoms with Gasteiger partial charge < -0.3 is 0 Å². The summed E-state index contributed by atoms with van der Waals surface area (Å²) in [5.74, 6) is 0. The smallest absolute Gasteiger partial charge is 0.0638 e. The van der Waals surface area contributed by atoms with Crippen molar-refractivity contribution in [2.24, 2.45) is 0 Å². The first kappa shape index (κ1) is 12.9. The van der Waals surface area contributed by atoms with Gasteiger partial charge in [0.1, 0.15) is 0 Å². The van der Waals surface area contributed by atoms with Crippen molar-refractivity contribution in [2.45, 2.75) is 58.2 Å². The zero-order valence-electron chi connectivity index (χ0n) is 8.83. The van der Waals surface area contributed by atoms with E-state index in [1.165, 1.54) is 23.3 Å². The Bertz CT molecular complexity index is 87.0. The highest BCUT2D eigenvalue weighted by Gasteiger charge is 2.28. The molecule has 0 bridgehead atoms. The molecule has 0 nitrogen and oxygen atoms in total. The maximum Gasteiger partial charge on any atom is 0.0638 e. The zero-order chi connectivity index (χ0) is 9.45. The van der Waals surface area contributed by atoms with E-state index in [0.717, 1.165) is 0 Å². The van der Waals surface area contributed by atoms with Gasteiger partial charge in [-0.3, -0.25) is 0 Å². The Morgan fingerprint density at radius 2 is 1.17 bits per heavy atom. The summed E-state index contributed by atoms with van der Waals surface area (Å²) >= 11 is 2.63. The molecule has 2 heteroatoms. The highest BCUT2D eigenvalue weighted by atomic mass is 127. The van der Waals surface area contributed by atoms with Crippen molar-refractivity contribution in [3.05, 3.63) is 0 Å². The Labute approximate surface area is 92.7 Å². The highest BCUT2D eigenvalue weighted by molar-refractivity contribution is 14.1. The summed E-state index contributed by atoms with van der Waals surface area (Å²) in [7, 11) is -0.783. The summed E-state index contributed by atoms with van der Waals surface area (Å²) in [6.07, 6.45) is 4.24. The van der Waals surface area contributed by atoms with Crippen LogP contribution < -0.4 is 0 Å². The number of alkyl halides is 1. The Morgan fingerprint density at radius 1 is 0.833 bits per heavy atom. The second-order valence-corrected chi connectivity index (χ2v) is 10.9. The molecule has 0 spiro atoms. The van der Waals surface area contributed by atoms with E-state index in [0.29, 0.717) is 0 Å². The second kappa shape index (κ2) is 7.36. The Hall–Kier alpha value is 0.947. The summed E-state index contributed by atoms with van der Waals surface area (Å²) in [5.41, 5.74) is 0. The van der Waals surface area contributed by atoms with Crippen molar-refractivity contribution >= 4 is 30.7 Å². The minimum Gasteiger partial charge on any atom is -0.0897 e. The van der Waals surface area contributed by atoms with Gasteiger partial charge in [0.05, 0.1) is 8.07 Å². The first-order valence-corrected chi connectivity index (χ1v) is 9.66. The maximum atomic E-state index is 2.63. The van der Waals surface area contributed by atoms with Crippen LogP contribution in [0.4, 0.5) is 0 Å². The van der Waals surface area contributed by atoms with E-state index in [-0.39, 0.29) is 0 Å². The minimum absolute atomic E-state index is 0.783. The molecule has 0 rings (SSSR count). The largest absolute Gasteiger partial charge is 0.0897 e. The zero-order valence-corrected chi connectivity index (χ0v) is 12.0. The summed E-state index contributed by atoms with van der Waals surface area (Å²) in [5, 5.41) is 0. The molecule has 12 heavy (non-hydrogen) atoms. The van der Waals surface area contributed by atoms with Gasteiger partial charge in [-0.2, -0.15) is 0 Å². The van der Waals surface area contributed by atoms with Crippen molar-refractivity contribution in [3.63, 3.8) is 0 Å². The third kappa shape index (κ3) is 4.26. The Kier molecular flexibility index (Phi) is 7.94. The van der Waals surface area contributed by atoms with Gasteiger partial charge in [-0.05, 0) is 4.05 Å². The predicted octanol–water partition coefficient (Wildman–Crippen LogP) is 4.64. The average Bonchev–Trinajstić information content (AvgIpc) is 2.06. The molecular weight excluding hydrogens is 275 g/mol. The van der Waals surface area contributed by atoms with Crippen molar-refractivity contribution in [3.8, 4) is 0 Å². The van der Waals surface area contributed by atoms with Crippen LogP contribution in [0.3, 0.4) is 0 Å². The van der Waals surface area contributed by atoms with Gasteiger partial charge in [0.15, 0.2) is 0 Å². The Balaban J connectivity index is 4.06. The van der Waals surface area contributed by atoms with Gasteiger partial charge in [-0.25, -0.2) is 0 Å². The van der Waals surface area contributed by atoms with Crippen molar-refractivity contribution in [1.82, 2.24) is 0 Å². The van der Waals surface area contributed by atoms with Crippen molar-refractivity contribution in [2.75, 3.05) is 4.05 Å². The number of rotatable bonds is 7. The van der Waals surface area contributed by atoms with Gasteiger partial charge in [-0.15, -0.1) is 0 Å². The molecule has 0 aromatic heterocycles. The van der Waals surface area contributed by atoms with Crippen LogP contribution >= 0.6 is 22.6 Å². The third-order valence-electron chi connectivity index (χ3n) is 2.62. The monoisotopic (exact) mass is 298 g/mol. The molecule has 0 fully saturated rings. The molecule has 0 heterocycles. The molecule has 0 radical (unpaired) electrons. The minimum atomic E-state index is -0.783. The predicted molar refractivity (Wildman–Crippen MR) is 69.9 cm³/mol. The quantitative estimate of drug-likeness (QED) is 0.365. The van der Waals surface area contributed by atoms with Crippen LogP contribution in [-0.4, -0.2) is 12.1 Å². The summed E-state index contributed by atoms with van der Waals surface area (Å²) < 4.78 is 1.49. The van der Waals surface area contributed by atoms with Crippen molar-refractivity contribution < 1.29 is 0 Å². The lowest BCUT2D eigenvalue weighted by Gasteiger charge is -2.28. The number of hydrogen-bond donors (Lipinski definition) is 0. The number of hydrogen-bond acceptors (Lipinski definition) is 0. The summed E-state index contributed by atoms with van der Waals surface area (Å²) in [6, 6.07) is 4.70. The molecule has 0 N–H and O–H groups in total. The first-order valence-electron chi connectivity index (χ1n) is 5.30. The molecular formula is C10H23ISi. The van der Waals surface area contributed by atoms with Crippen LogP contribution in [0.1, 0.15) is 40.0 Å². The topological polar surface area (TPSA) is 0 Å². The molecule has 0 aromatic rings. The van der Waals surface area contributed by atoms with Crippen LogP contribution in [0.2, 0.25) is 18.1 Å². The lowest BCUT2D eigenvalue weighted by atomic mass is 10.5. The standard InChI is InChI=1S/C10H23ISi/c1-4-7-12(10-11,8-5-2)9-6-3/h4-10H2,1-3H3. The molecule has 0 aliphatic rings. The van der Waals surface area contributed by atoms with Crippen LogP contribution in [0.5, 0.6) is 0 Å². The number of halogens is 1. The molecule has 0 atom stereocenters. The molecule has 74 valence electrons. The van der Waals surface area contributed by atoms with Crippen LogP contribution in [-0.2, 0) is 0 Å². The lowest BCUT2D eigenvalue weighted by molar-refractivity contribution is 0.928. The molecule has 0 unspecified atom stereocenters. The van der Waals surface area contributed by atoms with Gasteiger partial charge in [0.25, 0.3) is 0 Å². The SMILES string of the molecule is CCC[Si](CI)(CCC)CCC.